The van der Waals surface area contributed by atoms with Crippen LogP contribution in [0.15, 0.2) is 23.0 Å². The minimum atomic E-state index is -3.37. The van der Waals surface area contributed by atoms with E-state index in [1.807, 2.05) is 0 Å². The van der Waals surface area contributed by atoms with Crippen molar-refractivity contribution in [3.8, 4) is 0 Å². The Labute approximate surface area is 167 Å². The fourth-order valence-electron chi connectivity index (χ4n) is 4.50. The Balaban J connectivity index is 1.63. The molecule has 1 unspecified atom stereocenters. The molecule has 29 heavy (non-hydrogen) atoms. The number of aryl methyl sites for hydroxylation is 1. The lowest BCUT2D eigenvalue weighted by Crippen LogP contribution is -2.40. The van der Waals surface area contributed by atoms with E-state index >= 15 is 0 Å². The van der Waals surface area contributed by atoms with E-state index in [0.717, 1.165) is 6.20 Å². The van der Waals surface area contributed by atoms with Gasteiger partial charge in [0.05, 0.1) is 22.9 Å². The van der Waals surface area contributed by atoms with Crippen molar-refractivity contribution in [2.75, 3.05) is 18.8 Å². The van der Waals surface area contributed by atoms with Crippen LogP contribution in [-0.2, 0) is 15.4 Å². The summed E-state index contributed by atoms with van der Waals surface area (Å²) in [5.41, 5.74) is -0.707. The molecule has 1 saturated heterocycles. The number of hydrogen-bond acceptors (Lipinski definition) is 7. The van der Waals surface area contributed by atoms with E-state index in [4.69, 9.17) is 4.52 Å². The number of likely N-dealkylation sites (tertiary alicyclic amines) is 1. The smallest absolute Gasteiger partial charge is 0.256 e. The fraction of sp³-hybridized carbons (Fsp3) is 0.556. The van der Waals surface area contributed by atoms with Crippen LogP contribution in [0.2, 0.25) is 0 Å². The second-order valence-electron chi connectivity index (χ2n) is 7.70. The molecule has 9 nitrogen and oxygen atoms in total. The Hall–Kier alpha value is -2.40. The summed E-state index contributed by atoms with van der Waals surface area (Å²) in [5.74, 6) is -0.334. The third kappa shape index (κ3) is 3.52. The molecule has 1 amide bonds. The molecule has 11 heteroatoms. The first kappa shape index (κ1) is 19.9. The zero-order valence-corrected chi connectivity index (χ0v) is 16.9. The highest BCUT2D eigenvalue weighted by Crippen LogP contribution is 2.50. The maximum Gasteiger partial charge on any atom is 0.256 e. The standard InChI is InChI=1S/C18H22FN5O4S/c1-3-29(26,27)23-13-6-12-9-24(16(25)14-4-5-20-8-15(14)19)10-18(12,7-13)17-21-11(2)22-28-17/h4-5,8,12-13,23H,3,6-7,9-10H2,1-2H3/t12?,13-,18+/m1/s1. The number of amides is 1. The van der Waals surface area contributed by atoms with E-state index in [2.05, 4.69) is 19.8 Å². The van der Waals surface area contributed by atoms with Gasteiger partial charge < -0.3 is 9.42 Å². The lowest BCUT2D eigenvalue weighted by atomic mass is 9.80. The van der Waals surface area contributed by atoms with Gasteiger partial charge in [-0.25, -0.2) is 17.5 Å². The molecule has 1 N–H and O–H groups in total. The van der Waals surface area contributed by atoms with Crippen LogP contribution >= 0.6 is 0 Å². The van der Waals surface area contributed by atoms with Crippen LogP contribution in [0.3, 0.4) is 0 Å². The number of nitrogens with zero attached hydrogens (tertiary/aromatic N) is 4. The average molecular weight is 423 g/mol. The van der Waals surface area contributed by atoms with Crippen molar-refractivity contribution in [1.29, 1.82) is 0 Å². The highest BCUT2D eigenvalue weighted by atomic mass is 32.2. The summed E-state index contributed by atoms with van der Waals surface area (Å²) >= 11 is 0. The van der Waals surface area contributed by atoms with Crippen LogP contribution in [0.5, 0.6) is 0 Å². The summed E-state index contributed by atoms with van der Waals surface area (Å²) in [6.45, 7) is 3.89. The zero-order valence-electron chi connectivity index (χ0n) is 16.1. The van der Waals surface area contributed by atoms with Crippen molar-refractivity contribution in [2.45, 2.75) is 38.1 Å². The molecule has 0 bridgehead atoms. The van der Waals surface area contributed by atoms with Gasteiger partial charge in [-0.1, -0.05) is 5.16 Å². The summed E-state index contributed by atoms with van der Waals surface area (Å²) in [4.78, 5) is 22.6. The summed E-state index contributed by atoms with van der Waals surface area (Å²) in [5, 5.41) is 3.88. The molecule has 156 valence electrons. The van der Waals surface area contributed by atoms with Crippen molar-refractivity contribution in [3.05, 3.63) is 41.6 Å². The van der Waals surface area contributed by atoms with Gasteiger partial charge in [-0.2, -0.15) is 4.98 Å². The SMILES string of the molecule is CCS(=O)(=O)N[C@@H]1CC2CN(C(=O)c3ccncc3F)C[C@@]2(c2nc(C)no2)C1. The van der Waals surface area contributed by atoms with Gasteiger partial charge in [0.25, 0.3) is 5.91 Å². The first-order chi connectivity index (χ1) is 13.7. The quantitative estimate of drug-likeness (QED) is 0.763. The molecule has 4 rings (SSSR count). The summed E-state index contributed by atoms with van der Waals surface area (Å²) in [7, 11) is -3.37. The van der Waals surface area contributed by atoms with Crippen molar-refractivity contribution < 1.29 is 22.1 Å². The summed E-state index contributed by atoms with van der Waals surface area (Å²) in [6.07, 6.45) is 3.35. The number of carbonyl (C=O) groups excluding carboxylic acids is 1. The molecule has 0 spiro atoms. The number of aromatic nitrogens is 3. The molecule has 2 aromatic heterocycles. The Bertz CT molecular complexity index is 1040. The van der Waals surface area contributed by atoms with Crippen LogP contribution in [0.25, 0.3) is 0 Å². The number of carbonyl (C=O) groups is 1. The monoisotopic (exact) mass is 423 g/mol. The highest BCUT2D eigenvalue weighted by Gasteiger charge is 2.58. The molecule has 1 saturated carbocycles. The molecular weight excluding hydrogens is 401 g/mol. The van der Waals surface area contributed by atoms with Crippen molar-refractivity contribution >= 4 is 15.9 Å². The first-order valence-electron chi connectivity index (χ1n) is 9.43. The minimum absolute atomic E-state index is 0.00718. The van der Waals surface area contributed by atoms with E-state index in [9.17, 15) is 17.6 Å². The molecular formula is C18H22FN5O4S. The molecule has 1 aliphatic heterocycles. The third-order valence-corrected chi connectivity index (χ3v) is 7.30. The predicted octanol–water partition coefficient (Wildman–Crippen LogP) is 1.02. The van der Waals surface area contributed by atoms with Gasteiger partial charge in [0.15, 0.2) is 11.6 Å². The topological polar surface area (TPSA) is 118 Å². The van der Waals surface area contributed by atoms with Gasteiger partial charge >= 0.3 is 0 Å². The predicted molar refractivity (Wildman–Crippen MR) is 99.9 cm³/mol. The van der Waals surface area contributed by atoms with Gasteiger partial charge in [0.2, 0.25) is 15.9 Å². The lowest BCUT2D eigenvalue weighted by Gasteiger charge is -2.25. The Morgan fingerprint density at radius 2 is 2.28 bits per heavy atom. The van der Waals surface area contributed by atoms with Crippen molar-refractivity contribution in [1.82, 2.24) is 24.7 Å². The van der Waals surface area contributed by atoms with Crippen molar-refractivity contribution in [3.63, 3.8) is 0 Å². The fourth-order valence-corrected chi connectivity index (χ4v) is 5.36. The highest BCUT2D eigenvalue weighted by molar-refractivity contribution is 7.89. The molecule has 3 heterocycles. The number of pyridine rings is 1. The van der Waals surface area contributed by atoms with Crippen LogP contribution in [0.4, 0.5) is 4.39 Å². The van der Waals surface area contributed by atoms with Gasteiger partial charge in [-0.3, -0.25) is 9.78 Å². The number of nitrogens with one attached hydrogen (secondary N) is 1. The third-order valence-electron chi connectivity index (χ3n) is 5.84. The molecule has 2 fully saturated rings. The zero-order chi connectivity index (χ0) is 20.8. The van der Waals surface area contributed by atoms with E-state index in [0.29, 0.717) is 31.1 Å². The van der Waals surface area contributed by atoms with E-state index in [1.165, 1.54) is 12.3 Å². The van der Waals surface area contributed by atoms with Crippen LogP contribution < -0.4 is 4.72 Å². The first-order valence-corrected chi connectivity index (χ1v) is 11.1. The second-order valence-corrected chi connectivity index (χ2v) is 9.74. The molecule has 2 aliphatic rings. The van der Waals surface area contributed by atoms with Gasteiger partial charge in [-0.15, -0.1) is 0 Å². The summed E-state index contributed by atoms with van der Waals surface area (Å²) < 4.78 is 46.3. The molecule has 2 aromatic rings. The molecule has 0 aromatic carbocycles. The lowest BCUT2D eigenvalue weighted by molar-refractivity contribution is 0.0768. The Kier molecular flexibility index (Phi) is 4.89. The maximum atomic E-state index is 14.1. The van der Waals surface area contributed by atoms with Gasteiger partial charge in [-0.05, 0) is 38.7 Å². The minimum Gasteiger partial charge on any atom is -0.339 e. The van der Waals surface area contributed by atoms with E-state index in [1.54, 1.807) is 18.7 Å². The van der Waals surface area contributed by atoms with Gasteiger partial charge in [0, 0.05) is 25.3 Å². The average Bonchev–Trinajstić information content (AvgIpc) is 3.34. The number of hydrogen-bond donors (Lipinski definition) is 1. The number of sulfonamides is 1. The van der Waals surface area contributed by atoms with E-state index < -0.39 is 27.2 Å². The normalized spacial score (nSPS) is 26.7. The Morgan fingerprint density at radius 3 is 2.93 bits per heavy atom. The van der Waals surface area contributed by atoms with Gasteiger partial charge in [0.1, 0.15) is 0 Å². The van der Waals surface area contributed by atoms with E-state index in [-0.39, 0.29) is 29.8 Å². The molecule has 1 aliphatic carbocycles. The number of halogens is 1. The Morgan fingerprint density at radius 1 is 1.48 bits per heavy atom. The van der Waals surface area contributed by atoms with Crippen LogP contribution in [0, 0.1) is 18.7 Å². The number of rotatable bonds is 5. The largest absolute Gasteiger partial charge is 0.339 e. The number of fused-ring (bicyclic) bond motifs is 1. The van der Waals surface area contributed by atoms with Crippen molar-refractivity contribution in [2.24, 2.45) is 5.92 Å². The maximum absolute atomic E-state index is 14.1. The summed E-state index contributed by atoms with van der Waals surface area (Å²) in [6, 6.07) is 1.07. The second kappa shape index (κ2) is 7.13. The molecule has 0 radical (unpaired) electrons. The van der Waals surface area contributed by atoms with Crippen LogP contribution in [0.1, 0.15) is 41.8 Å². The molecule has 3 atom stereocenters. The van der Waals surface area contributed by atoms with Crippen LogP contribution in [-0.4, -0.2) is 59.2 Å².